The molecule has 5 rings (SSSR count). The van der Waals surface area contributed by atoms with Crippen molar-refractivity contribution < 1.29 is 24.5 Å². The number of anilines is 1. The highest BCUT2D eigenvalue weighted by Crippen LogP contribution is 2.44. The Morgan fingerprint density at radius 2 is 1.66 bits per heavy atom. The highest BCUT2D eigenvalue weighted by atomic mass is 16.5. The van der Waals surface area contributed by atoms with Crippen LogP contribution in [0.4, 0.5) is 10.6 Å². The molecule has 0 saturated carbocycles. The Balaban J connectivity index is 1.40. The summed E-state index contributed by atoms with van der Waals surface area (Å²) in [5.41, 5.74) is 4.95. The zero-order chi connectivity index (χ0) is 22.2. The van der Waals surface area contributed by atoms with Gasteiger partial charge in [-0.05, 0) is 33.9 Å². The number of hydrogen-bond acceptors (Lipinski definition) is 5. The molecule has 0 unspecified atom stereocenters. The summed E-state index contributed by atoms with van der Waals surface area (Å²) in [7, 11) is 0. The minimum Gasteiger partial charge on any atom is -0.476 e. The average Bonchev–Trinajstić information content (AvgIpc) is 3.33. The van der Waals surface area contributed by atoms with Crippen molar-refractivity contribution in [1.29, 1.82) is 0 Å². The summed E-state index contributed by atoms with van der Waals surface area (Å²) in [6.45, 7) is -0.137. The summed E-state index contributed by atoms with van der Waals surface area (Å²) in [4.78, 5) is 28.3. The molecular weight excluding hydrogens is 410 g/mol. The molecule has 0 spiro atoms. The zero-order valence-electron chi connectivity index (χ0n) is 16.9. The fraction of sp³-hybridized carbons (Fsp3) is 0.125. The summed E-state index contributed by atoms with van der Waals surface area (Å²) in [5, 5.41) is 21.4. The van der Waals surface area contributed by atoms with E-state index in [0.29, 0.717) is 11.2 Å². The second kappa shape index (κ2) is 7.82. The Kier molecular flexibility index (Phi) is 4.84. The van der Waals surface area contributed by atoms with Gasteiger partial charge in [0.1, 0.15) is 12.3 Å². The van der Waals surface area contributed by atoms with E-state index in [-0.39, 0.29) is 30.6 Å². The Morgan fingerprint density at radius 1 is 1.00 bits per heavy atom. The number of carbonyl (C=O) groups excluding carboxylic acids is 1. The lowest BCUT2D eigenvalue weighted by Crippen LogP contribution is -2.20. The minimum absolute atomic E-state index is 0.0278. The highest BCUT2D eigenvalue weighted by molar-refractivity contribution is 5.97. The van der Waals surface area contributed by atoms with E-state index in [9.17, 15) is 19.8 Å². The molecule has 1 amide bonds. The van der Waals surface area contributed by atoms with Gasteiger partial charge in [-0.25, -0.2) is 14.6 Å². The standard InChI is InChI=1S/C24H19N3O5/c28-12-14-9-10-20-25-21(23(29)30)22(27(20)11-14)26-24(31)32-13-19-17-7-3-1-5-15(17)16-6-2-4-8-18(16)19/h1-11,19,28H,12-13H2,(H,26,31)(H,29,30). The molecule has 1 aliphatic carbocycles. The number of pyridine rings is 1. The van der Waals surface area contributed by atoms with Crippen molar-refractivity contribution in [2.75, 3.05) is 11.9 Å². The molecule has 0 bridgehead atoms. The van der Waals surface area contributed by atoms with Crippen molar-refractivity contribution >= 4 is 23.5 Å². The lowest BCUT2D eigenvalue weighted by Gasteiger charge is -2.14. The summed E-state index contributed by atoms with van der Waals surface area (Å²) >= 11 is 0. The number of ether oxygens (including phenoxy) is 1. The van der Waals surface area contributed by atoms with Gasteiger partial charge < -0.3 is 14.9 Å². The van der Waals surface area contributed by atoms with Crippen molar-refractivity contribution in [1.82, 2.24) is 9.38 Å². The quantitative estimate of drug-likeness (QED) is 0.444. The SMILES string of the molecule is O=C(Nc1c(C(=O)O)nc2ccc(CO)cn12)OCC1c2ccccc2-c2ccccc21. The molecule has 4 aromatic rings. The second-order valence-electron chi connectivity index (χ2n) is 7.49. The predicted octanol–water partition coefficient (Wildman–Crippen LogP) is 3.89. The number of imidazole rings is 1. The minimum atomic E-state index is -1.28. The van der Waals surface area contributed by atoms with E-state index in [1.165, 1.54) is 10.6 Å². The first-order valence-corrected chi connectivity index (χ1v) is 10.0. The monoisotopic (exact) mass is 429 g/mol. The molecule has 3 N–H and O–H groups in total. The van der Waals surface area contributed by atoms with Crippen molar-refractivity contribution in [2.24, 2.45) is 0 Å². The number of amides is 1. The van der Waals surface area contributed by atoms with Gasteiger partial charge in [-0.2, -0.15) is 0 Å². The van der Waals surface area contributed by atoms with Gasteiger partial charge in [-0.1, -0.05) is 54.6 Å². The molecule has 2 aromatic heterocycles. The first kappa shape index (κ1) is 19.8. The van der Waals surface area contributed by atoms with Crippen LogP contribution in [0.15, 0.2) is 66.9 Å². The number of aliphatic hydroxyl groups is 1. The summed E-state index contributed by atoms with van der Waals surface area (Å²) in [5.74, 6) is -1.43. The smallest absolute Gasteiger partial charge is 0.412 e. The normalized spacial score (nSPS) is 12.4. The van der Waals surface area contributed by atoms with Gasteiger partial charge in [0.25, 0.3) is 0 Å². The van der Waals surface area contributed by atoms with Crippen molar-refractivity contribution in [2.45, 2.75) is 12.5 Å². The van der Waals surface area contributed by atoms with Crippen LogP contribution in [0.3, 0.4) is 0 Å². The van der Waals surface area contributed by atoms with Gasteiger partial charge in [0.2, 0.25) is 0 Å². The van der Waals surface area contributed by atoms with Crippen LogP contribution in [0.1, 0.15) is 33.1 Å². The number of carboxylic acid groups (broad SMARTS) is 1. The van der Waals surface area contributed by atoms with Gasteiger partial charge in [0.05, 0.1) is 6.61 Å². The Bertz CT molecular complexity index is 1320. The van der Waals surface area contributed by atoms with Crippen LogP contribution < -0.4 is 5.32 Å². The number of fused-ring (bicyclic) bond motifs is 4. The summed E-state index contributed by atoms with van der Waals surface area (Å²) in [6, 6.07) is 19.2. The van der Waals surface area contributed by atoms with E-state index in [1.54, 1.807) is 12.1 Å². The Morgan fingerprint density at radius 3 is 2.28 bits per heavy atom. The summed E-state index contributed by atoms with van der Waals surface area (Å²) < 4.78 is 6.93. The third-order valence-corrected chi connectivity index (χ3v) is 5.63. The second-order valence-corrected chi connectivity index (χ2v) is 7.49. The maximum atomic E-state index is 12.6. The van der Waals surface area contributed by atoms with Gasteiger partial charge >= 0.3 is 12.1 Å². The number of benzene rings is 2. The van der Waals surface area contributed by atoms with Crippen LogP contribution in [0.2, 0.25) is 0 Å². The molecule has 32 heavy (non-hydrogen) atoms. The van der Waals surface area contributed by atoms with Crippen LogP contribution in [0.25, 0.3) is 16.8 Å². The number of carboxylic acids is 1. The molecule has 8 heteroatoms. The molecule has 0 radical (unpaired) electrons. The maximum Gasteiger partial charge on any atom is 0.412 e. The van der Waals surface area contributed by atoms with Crippen LogP contribution in [0, 0.1) is 0 Å². The molecule has 2 heterocycles. The number of aromatic nitrogens is 2. The van der Waals surface area contributed by atoms with Crippen LogP contribution in [0.5, 0.6) is 0 Å². The molecule has 0 fully saturated rings. The Hall–Kier alpha value is -4.17. The van der Waals surface area contributed by atoms with Crippen molar-refractivity contribution in [3.8, 4) is 11.1 Å². The number of aliphatic hydroxyl groups excluding tert-OH is 1. The highest BCUT2D eigenvalue weighted by Gasteiger charge is 2.29. The first-order chi connectivity index (χ1) is 15.6. The van der Waals surface area contributed by atoms with Gasteiger partial charge in [0.15, 0.2) is 11.5 Å². The topological polar surface area (TPSA) is 113 Å². The average molecular weight is 429 g/mol. The van der Waals surface area contributed by atoms with E-state index < -0.39 is 12.1 Å². The van der Waals surface area contributed by atoms with E-state index in [4.69, 9.17) is 4.74 Å². The maximum absolute atomic E-state index is 12.6. The lowest BCUT2D eigenvalue weighted by molar-refractivity contribution is 0.0692. The molecule has 1 aliphatic rings. The van der Waals surface area contributed by atoms with Crippen LogP contribution in [-0.2, 0) is 11.3 Å². The number of aromatic carboxylic acids is 1. The largest absolute Gasteiger partial charge is 0.476 e. The van der Waals surface area contributed by atoms with E-state index in [2.05, 4.69) is 10.3 Å². The van der Waals surface area contributed by atoms with Crippen LogP contribution >= 0.6 is 0 Å². The first-order valence-electron chi connectivity index (χ1n) is 10.0. The predicted molar refractivity (Wildman–Crippen MR) is 117 cm³/mol. The number of rotatable bonds is 5. The molecule has 0 atom stereocenters. The summed E-state index contributed by atoms with van der Waals surface area (Å²) in [6.07, 6.45) is 0.735. The number of carbonyl (C=O) groups is 2. The number of nitrogens with zero attached hydrogens (tertiary/aromatic N) is 2. The fourth-order valence-corrected chi connectivity index (χ4v) is 4.18. The van der Waals surface area contributed by atoms with Crippen molar-refractivity contribution in [3.63, 3.8) is 0 Å². The van der Waals surface area contributed by atoms with Gasteiger partial charge in [-0.3, -0.25) is 9.72 Å². The van der Waals surface area contributed by atoms with E-state index in [1.807, 2.05) is 48.5 Å². The van der Waals surface area contributed by atoms with Gasteiger partial charge in [-0.15, -0.1) is 0 Å². The third kappa shape index (κ3) is 3.27. The van der Waals surface area contributed by atoms with Crippen LogP contribution in [-0.4, -0.2) is 38.3 Å². The molecule has 160 valence electrons. The molecule has 8 nitrogen and oxygen atoms in total. The third-order valence-electron chi connectivity index (χ3n) is 5.63. The van der Waals surface area contributed by atoms with Gasteiger partial charge in [0, 0.05) is 12.1 Å². The molecular formula is C24H19N3O5. The molecule has 0 saturated heterocycles. The Labute approximate surface area is 182 Å². The van der Waals surface area contributed by atoms with E-state index in [0.717, 1.165) is 22.3 Å². The van der Waals surface area contributed by atoms with E-state index >= 15 is 0 Å². The zero-order valence-corrected chi connectivity index (χ0v) is 16.9. The molecule has 0 aliphatic heterocycles. The molecule has 2 aromatic carbocycles. The van der Waals surface area contributed by atoms with Crippen molar-refractivity contribution in [3.05, 3.63) is 89.2 Å². The number of nitrogens with one attached hydrogen (secondary N) is 1. The lowest BCUT2D eigenvalue weighted by atomic mass is 9.98. The fourth-order valence-electron chi connectivity index (χ4n) is 4.18. The number of hydrogen-bond donors (Lipinski definition) is 3.